The molecule has 1 aliphatic rings. The van der Waals surface area contributed by atoms with Crippen LogP contribution in [0.2, 0.25) is 0 Å². The number of hydrogen-bond donors (Lipinski definition) is 1. The van der Waals surface area contributed by atoms with E-state index in [0.717, 1.165) is 54.9 Å². The van der Waals surface area contributed by atoms with E-state index in [1.54, 1.807) is 14.2 Å². The summed E-state index contributed by atoms with van der Waals surface area (Å²) in [5.41, 5.74) is 8.13. The average Bonchev–Trinajstić information content (AvgIpc) is 2.92. The van der Waals surface area contributed by atoms with Crippen molar-refractivity contribution in [1.29, 1.82) is 0 Å². The Morgan fingerprint density at radius 2 is 1.86 bits per heavy atom. The fourth-order valence-electron chi connectivity index (χ4n) is 2.74. The molecule has 0 amide bonds. The number of rotatable bonds is 6. The van der Waals surface area contributed by atoms with Crippen LogP contribution in [0, 0.1) is 0 Å². The Balaban J connectivity index is 0.00000220. The normalized spacial score (nSPS) is 19.0. The second-order valence-electron chi connectivity index (χ2n) is 5.50. The number of methoxy groups -OCH3 is 2. The van der Waals surface area contributed by atoms with E-state index < -0.39 is 0 Å². The van der Waals surface area contributed by atoms with Gasteiger partial charge in [-0.2, -0.15) is 0 Å². The number of hydrogen-bond acceptors (Lipinski definition) is 4. The summed E-state index contributed by atoms with van der Waals surface area (Å²) in [6, 6.07) is 4.21. The Labute approximate surface area is 133 Å². The van der Waals surface area contributed by atoms with Gasteiger partial charge in [-0.25, -0.2) is 0 Å². The van der Waals surface area contributed by atoms with Crippen LogP contribution in [0.25, 0.3) is 0 Å². The molecule has 5 heteroatoms. The molecule has 2 unspecified atom stereocenters. The predicted molar refractivity (Wildman–Crippen MR) is 86.8 cm³/mol. The molecule has 0 aromatic heterocycles. The third-order valence-electron chi connectivity index (χ3n) is 3.70. The van der Waals surface area contributed by atoms with Gasteiger partial charge < -0.3 is 19.9 Å². The molecule has 1 aromatic rings. The van der Waals surface area contributed by atoms with E-state index in [-0.39, 0.29) is 18.4 Å². The molecule has 4 nitrogen and oxygen atoms in total. The monoisotopic (exact) mass is 315 g/mol. The predicted octanol–water partition coefficient (Wildman–Crippen LogP) is 2.74. The van der Waals surface area contributed by atoms with Gasteiger partial charge in [0, 0.05) is 24.6 Å². The fourth-order valence-corrected chi connectivity index (χ4v) is 2.74. The number of ether oxygens (including phenoxy) is 3. The molecule has 1 aliphatic heterocycles. The molecule has 2 rings (SSSR count). The SMILES string of the molecule is COc1cc(CC2CCCO2)c(OC)cc1CC(C)N.Cl. The summed E-state index contributed by atoms with van der Waals surface area (Å²) in [7, 11) is 3.40. The first kappa shape index (κ1) is 18.1. The van der Waals surface area contributed by atoms with Gasteiger partial charge in [-0.05, 0) is 43.9 Å². The molecular weight excluding hydrogens is 290 g/mol. The van der Waals surface area contributed by atoms with Crippen LogP contribution in [0.3, 0.4) is 0 Å². The van der Waals surface area contributed by atoms with Gasteiger partial charge in [0.25, 0.3) is 0 Å². The maximum absolute atomic E-state index is 5.89. The van der Waals surface area contributed by atoms with E-state index in [2.05, 4.69) is 6.07 Å². The summed E-state index contributed by atoms with van der Waals surface area (Å²) in [4.78, 5) is 0. The maximum atomic E-state index is 5.89. The smallest absolute Gasteiger partial charge is 0.122 e. The summed E-state index contributed by atoms with van der Waals surface area (Å²) >= 11 is 0. The van der Waals surface area contributed by atoms with Gasteiger partial charge in [0.2, 0.25) is 0 Å². The third kappa shape index (κ3) is 4.77. The van der Waals surface area contributed by atoms with Crippen molar-refractivity contribution >= 4 is 12.4 Å². The molecule has 0 saturated carbocycles. The highest BCUT2D eigenvalue weighted by molar-refractivity contribution is 5.85. The largest absolute Gasteiger partial charge is 0.496 e. The minimum atomic E-state index is 0. The van der Waals surface area contributed by atoms with Gasteiger partial charge in [-0.1, -0.05) is 0 Å². The lowest BCUT2D eigenvalue weighted by Crippen LogP contribution is -2.18. The molecule has 1 fully saturated rings. The first-order valence-corrected chi connectivity index (χ1v) is 7.25. The zero-order chi connectivity index (χ0) is 14.5. The van der Waals surface area contributed by atoms with Crippen molar-refractivity contribution in [3.8, 4) is 11.5 Å². The second-order valence-corrected chi connectivity index (χ2v) is 5.50. The molecular formula is C16H26ClNO3. The molecule has 0 aliphatic carbocycles. The van der Waals surface area contributed by atoms with Gasteiger partial charge in [0.1, 0.15) is 11.5 Å². The lowest BCUT2D eigenvalue weighted by Gasteiger charge is -2.18. The Morgan fingerprint density at radius 1 is 1.24 bits per heavy atom. The minimum Gasteiger partial charge on any atom is -0.496 e. The third-order valence-corrected chi connectivity index (χ3v) is 3.70. The number of halogens is 1. The summed E-state index contributed by atoms with van der Waals surface area (Å²) in [5, 5.41) is 0. The molecule has 1 saturated heterocycles. The molecule has 1 aromatic carbocycles. The van der Waals surface area contributed by atoms with Crippen molar-refractivity contribution in [3.63, 3.8) is 0 Å². The van der Waals surface area contributed by atoms with Crippen LogP contribution in [0.4, 0.5) is 0 Å². The van der Waals surface area contributed by atoms with E-state index in [0.29, 0.717) is 6.10 Å². The Kier molecular flexibility index (Phi) is 7.29. The van der Waals surface area contributed by atoms with E-state index >= 15 is 0 Å². The van der Waals surface area contributed by atoms with Gasteiger partial charge in [-0.15, -0.1) is 12.4 Å². The summed E-state index contributed by atoms with van der Waals surface area (Å²) in [6.07, 6.45) is 4.21. The molecule has 0 radical (unpaired) electrons. The summed E-state index contributed by atoms with van der Waals surface area (Å²) < 4.78 is 16.7. The van der Waals surface area contributed by atoms with Crippen LogP contribution >= 0.6 is 12.4 Å². The van der Waals surface area contributed by atoms with Gasteiger partial charge in [0.05, 0.1) is 20.3 Å². The standard InChI is InChI=1S/C16H25NO3.ClH/c1-11(17)7-12-9-16(19-3)13(10-15(12)18-2)8-14-5-4-6-20-14;/h9-11,14H,4-8,17H2,1-3H3;1H. The minimum absolute atomic E-state index is 0. The van der Waals surface area contributed by atoms with Gasteiger partial charge in [-0.3, -0.25) is 0 Å². The zero-order valence-corrected chi connectivity index (χ0v) is 13.9. The highest BCUT2D eigenvalue weighted by atomic mass is 35.5. The highest BCUT2D eigenvalue weighted by Gasteiger charge is 2.20. The van der Waals surface area contributed by atoms with Crippen molar-refractivity contribution in [1.82, 2.24) is 0 Å². The Bertz CT molecular complexity index is 445. The van der Waals surface area contributed by atoms with Crippen LogP contribution in [0.15, 0.2) is 12.1 Å². The quantitative estimate of drug-likeness (QED) is 0.877. The summed E-state index contributed by atoms with van der Waals surface area (Å²) in [5.74, 6) is 1.79. The number of nitrogens with two attached hydrogens (primary N) is 1. The van der Waals surface area contributed by atoms with Crippen LogP contribution in [-0.2, 0) is 17.6 Å². The van der Waals surface area contributed by atoms with Crippen LogP contribution in [-0.4, -0.2) is 33.0 Å². The lowest BCUT2D eigenvalue weighted by atomic mass is 9.99. The molecule has 0 bridgehead atoms. The first-order chi connectivity index (χ1) is 9.63. The highest BCUT2D eigenvalue weighted by Crippen LogP contribution is 2.32. The molecule has 120 valence electrons. The Morgan fingerprint density at radius 3 is 2.38 bits per heavy atom. The van der Waals surface area contributed by atoms with Crippen molar-refractivity contribution in [2.75, 3.05) is 20.8 Å². The van der Waals surface area contributed by atoms with Crippen molar-refractivity contribution in [3.05, 3.63) is 23.3 Å². The van der Waals surface area contributed by atoms with Gasteiger partial charge in [0.15, 0.2) is 0 Å². The number of benzene rings is 1. The molecule has 21 heavy (non-hydrogen) atoms. The van der Waals surface area contributed by atoms with E-state index in [9.17, 15) is 0 Å². The second kappa shape index (κ2) is 8.47. The Hall–Kier alpha value is -0.970. The van der Waals surface area contributed by atoms with Crippen LogP contribution in [0.1, 0.15) is 30.9 Å². The molecule has 2 N–H and O–H groups in total. The zero-order valence-electron chi connectivity index (χ0n) is 13.1. The van der Waals surface area contributed by atoms with Crippen LogP contribution in [0.5, 0.6) is 11.5 Å². The molecule has 2 atom stereocenters. The van der Waals surface area contributed by atoms with E-state index in [1.807, 2.05) is 13.0 Å². The van der Waals surface area contributed by atoms with Gasteiger partial charge >= 0.3 is 0 Å². The first-order valence-electron chi connectivity index (χ1n) is 7.25. The summed E-state index contributed by atoms with van der Waals surface area (Å²) in [6.45, 7) is 2.86. The van der Waals surface area contributed by atoms with E-state index in [1.165, 1.54) is 0 Å². The molecule has 0 spiro atoms. The van der Waals surface area contributed by atoms with Crippen molar-refractivity contribution in [2.45, 2.75) is 44.8 Å². The topological polar surface area (TPSA) is 53.7 Å². The lowest BCUT2D eigenvalue weighted by molar-refractivity contribution is 0.111. The van der Waals surface area contributed by atoms with Crippen molar-refractivity contribution in [2.24, 2.45) is 5.73 Å². The average molecular weight is 316 g/mol. The van der Waals surface area contributed by atoms with E-state index in [4.69, 9.17) is 19.9 Å². The van der Waals surface area contributed by atoms with Crippen LogP contribution < -0.4 is 15.2 Å². The fraction of sp³-hybridized carbons (Fsp3) is 0.625. The van der Waals surface area contributed by atoms with Crippen molar-refractivity contribution < 1.29 is 14.2 Å². The molecule has 1 heterocycles. The maximum Gasteiger partial charge on any atom is 0.122 e.